The van der Waals surface area contributed by atoms with Crippen molar-refractivity contribution in [1.29, 1.82) is 0 Å². The van der Waals surface area contributed by atoms with Gasteiger partial charge in [0.2, 0.25) is 0 Å². The third-order valence-corrected chi connectivity index (χ3v) is 2.05. The first kappa shape index (κ1) is 9.33. The van der Waals surface area contributed by atoms with Crippen LogP contribution in [0.5, 0.6) is 0 Å². The monoisotopic (exact) mass is 168 g/mol. The van der Waals surface area contributed by atoms with Crippen molar-refractivity contribution < 1.29 is 9.84 Å². The third kappa shape index (κ3) is 2.70. The van der Waals surface area contributed by atoms with Crippen LogP contribution in [0.2, 0.25) is 0 Å². The van der Waals surface area contributed by atoms with Crippen LogP contribution in [-0.4, -0.2) is 18.3 Å². The van der Waals surface area contributed by atoms with E-state index in [4.69, 9.17) is 4.74 Å². The van der Waals surface area contributed by atoms with E-state index in [0.29, 0.717) is 5.92 Å². The molecule has 0 fully saturated rings. The fourth-order valence-corrected chi connectivity index (χ4v) is 1.56. The summed E-state index contributed by atoms with van der Waals surface area (Å²) in [5.74, 6) is 0.571. The maximum atomic E-state index is 9.40. The fraction of sp³-hybridized carbons (Fsp3) is 0.600. The van der Waals surface area contributed by atoms with Crippen LogP contribution in [-0.2, 0) is 4.74 Å². The van der Waals surface area contributed by atoms with Crippen molar-refractivity contribution >= 4 is 0 Å². The van der Waals surface area contributed by atoms with Crippen LogP contribution < -0.4 is 0 Å². The van der Waals surface area contributed by atoms with E-state index in [-0.39, 0.29) is 6.10 Å². The molecule has 0 bridgehead atoms. The third-order valence-electron chi connectivity index (χ3n) is 2.05. The van der Waals surface area contributed by atoms with Crippen molar-refractivity contribution in [1.82, 2.24) is 0 Å². The van der Waals surface area contributed by atoms with Crippen molar-refractivity contribution in [2.45, 2.75) is 25.9 Å². The second-order valence-electron chi connectivity index (χ2n) is 3.39. The van der Waals surface area contributed by atoms with E-state index in [1.165, 1.54) is 5.57 Å². The molecule has 2 atom stereocenters. The van der Waals surface area contributed by atoms with Crippen LogP contribution in [0.25, 0.3) is 0 Å². The second-order valence-corrected chi connectivity index (χ2v) is 3.39. The van der Waals surface area contributed by atoms with Crippen LogP contribution in [0.15, 0.2) is 24.0 Å². The quantitative estimate of drug-likeness (QED) is 0.638. The Morgan fingerprint density at radius 2 is 2.42 bits per heavy atom. The summed E-state index contributed by atoms with van der Waals surface area (Å²) in [6.07, 6.45) is 7.11. The van der Waals surface area contributed by atoms with Gasteiger partial charge in [-0.25, -0.2) is 0 Å². The van der Waals surface area contributed by atoms with Gasteiger partial charge in [0.25, 0.3) is 0 Å². The highest BCUT2D eigenvalue weighted by Gasteiger charge is 2.15. The molecule has 2 nitrogen and oxygen atoms in total. The Balaban J connectivity index is 2.57. The van der Waals surface area contributed by atoms with Gasteiger partial charge in [0.15, 0.2) is 0 Å². The first-order valence-electron chi connectivity index (χ1n) is 4.30. The summed E-state index contributed by atoms with van der Waals surface area (Å²) in [5.41, 5.74) is 1.17. The predicted molar refractivity (Wildman–Crippen MR) is 48.6 cm³/mol. The molecule has 0 amide bonds. The molecule has 68 valence electrons. The summed E-state index contributed by atoms with van der Waals surface area (Å²) in [5, 5.41) is 9.40. The van der Waals surface area contributed by atoms with Gasteiger partial charge in [-0.1, -0.05) is 13.0 Å². The Bertz CT molecular complexity index is 194. The van der Waals surface area contributed by atoms with Gasteiger partial charge in [0.1, 0.15) is 0 Å². The zero-order valence-electron chi connectivity index (χ0n) is 7.66. The predicted octanol–water partition coefficient (Wildman–Crippen LogP) is 1.86. The number of aliphatic hydroxyl groups is 1. The minimum Gasteiger partial charge on any atom is -0.504 e. The number of hydrogen-bond donors (Lipinski definition) is 1. The molecule has 12 heavy (non-hydrogen) atoms. The number of allylic oxidation sites excluding steroid dienone is 2. The summed E-state index contributed by atoms with van der Waals surface area (Å²) in [6, 6.07) is 0. The molecule has 0 aromatic carbocycles. The summed E-state index contributed by atoms with van der Waals surface area (Å²) in [4.78, 5) is 0. The van der Waals surface area contributed by atoms with E-state index in [1.54, 1.807) is 13.4 Å². The molecule has 0 saturated heterocycles. The SMILES string of the molecule is CO/C=C/C1=C[C@H](O)C[C@H](C)C1. The molecule has 0 heterocycles. The topological polar surface area (TPSA) is 29.5 Å². The van der Waals surface area contributed by atoms with Crippen LogP contribution >= 0.6 is 0 Å². The highest BCUT2D eigenvalue weighted by molar-refractivity contribution is 5.21. The Hall–Kier alpha value is -0.760. The van der Waals surface area contributed by atoms with Crippen molar-refractivity contribution in [3.05, 3.63) is 24.0 Å². The fourth-order valence-electron chi connectivity index (χ4n) is 1.56. The first-order valence-corrected chi connectivity index (χ1v) is 4.30. The molecule has 2 heteroatoms. The minimum atomic E-state index is -0.273. The highest BCUT2D eigenvalue weighted by Crippen LogP contribution is 2.24. The molecule has 0 aliphatic heterocycles. The van der Waals surface area contributed by atoms with E-state index >= 15 is 0 Å². The van der Waals surface area contributed by atoms with Gasteiger partial charge >= 0.3 is 0 Å². The van der Waals surface area contributed by atoms with Gasteiger partial charge < -0.3 is 9.84 Å². The van der Waals surface area contributed by atoms with Gasteiger partial charge in [-0.3, -0.25) is 0 Å². The molecule has 1 N–H and O–H groups in total. The van der Waals surface area contributed by atoms with E-state index in [1.807, 2.05) is 12.2 Å². The average molecular weight is 168 g/mol. The maximum absolute atomic E-state index is 9.40. The van der Waals surface area contributed by atoms with E-state index in [9.17, 15) is 5.11 Å². The van der Waals surface area contributed by atoms with Crippen molar-refractivity contribution in [2.24, 2.45) is 5.92 Å². The van der Waals surface area contributed by atoms with Gasteiger partial charge in [0.05, 0.1) is 19.5 Å². The highest BCUT2D eigenvalue weighted by atomic mass is 16.5. The number of ether oxygens (including phenoxy) is 1. The summed E-state index contributed by atoms with van der Waals surface area (Å²) in [7, 11) is 1.62. The molecule has 0 radical (unpaired) electrons. The Kier molecular flexibility index (Phi) is 3.35. The number of aliphatic hydroxyl groups excluding tert-OH is 1. The van der Waals surface area contributed by atoms with E-state index < -0.39 is 0 Å². The Labute approximate surface area is 73.5 Å². The molecule has 0 unspecified atom stereocenters. The van der Waals surface area contributed by atoms with Crippen LogP contribution in [0.1, 0.15) is 19.8 Å². The zero-order chi connectivity index (χ0) is 8.97. The van der Waals surface area contributed by atoms with Crippen molar-refractivity contribution in [2.75, 3.05) is 7.11 Å². The standard InChI is InChI=1S/C10H16O2/c1-8-5-9(3-4-12-2)7-10(11)6-8/h3-4,7-8,10-11H,5-6H2,1-2H3/b4-3+/t8-,10-/m1/s1. The number of rotatable bonds is 2. The summed E-state index contributed by atoms with van der Waals surface area (Å²) < 4.78 is 4.81. The molecule has 1 aliphatic rings. The Morgan fingerprint density at radius 3 is 3.00 bits per heavy atom. The maximum Gasteiger partial charge on any atom is 0.0827 e. The van der Waals surface area contributed by atoms with Crippen molar-refractivity contribution in [3.63, 3.8) is 0 Å². The smallest absolute Gasteiger partial charge is 0.0827 e. The van der Waals surface area contributed by atoms with E-state index in [0.717, 1.165) is 12.8 Å². The second kappa shape index (κ2) is 4.31. The normalized spacial score (nSPS) is 30.4. The first-order chi connectivity index (χ1) is 5.72. The lowest BCUT2D eigenvalue weighted by molar-refractivity contribution is 0.181. The van der Waals surface area contributed by atoms with Crippen LogP contribution in [0, 0.1) is 5.92 Å². The molecule has 0 saturated carbocycles. The Morgan fingerprint density at radius 1 is 1.67 bits per heavy atom. The largest absolute Gasteiger partial charge is 0.504 e. The van der Waals surface area contributed by atoms with Crippen molar-refractivity contribution in [3.8, 4) is 0 Å². The van der Waals surface area contributed by atoms with E-state index in [2.05, 4.69) is 6.92 Å². The zero-order valence-corrected chi connectivity index (χ0v) is 7.66. The molecule has 0 aromatic heterocycles. The molecule has 1 rings (SSSR count). The van der Waals surface area contributed by atoms with Gasteiger partial charge in [-0.2, -0.15) is 0 Å². The molecule has 0 aromatic rings. The lowest BCUT2D eigenvalue weighted by Crippen LogP contribution is -2.15. The molecule has 1 aliphatic carbocycles. The number of hydrogen-bond acceptors (Lipinski definition) is 2. The van der Waals surface area contributed by atoms with Gasteiger partial charge in [-0.15, -0.1) is 0 Å². The number of methoxy groups -OCH3 is 1. The van der Waals surface area contributed by atoms with Gasteiger partial charge in [0, 0.05) is 0 Å². The molecular formula is C10H16O2. The minimum absolute atomic E-state index is 0.273. The molecular weight excluding hydrogens is 152 g/mol. The lowest BCUT2D eigenvalue weighted by Gasteiger charge is -2.20. The lowest BCUT2D eigenvalue weighted by atomic mass is 9.89. The molecule has 0 spiro atoms. The summed E-state index contributed by atoms with van der Waals surface area (Å²) in [6.45, 7) is 2.15. The van der Waals surface area contributed by atoms with Gasteiger partial charge in [-0.05, 0) is 30.4 Å². The average Bonchev–Trinajstić information content (AvgIpc) is 1.99. The summed E-state index contributed by atoms with van der Waals surface area (Å²) >= 11 is 0. The van der Waals surface area contributed by atoms with Crippen LogP contribution in [0.3, 0.4) is 0 Å². The van der Waals surface area contributed by atoms with Crippen LogP contribution in [0.4, 0.5) is 0 Å².